The van der Waals surface area contributed by atoms with Crippen LogP contribution in [0, 0.1) is 22.7 Å². The SMILES string of the molecule is CN(CC[18F])c1ccc2cc(CC=C(C#N)C#N)ccc2c1. The number of nitrogens with zero attached hydrogens (tertiary/aromatic N) is 3. The summed E-state index contributed by atoms with van der Waals surface area (Å²) in [4.78, 5) is 1.88. The number of halogens is 1. The van der Waals surface area contributed by atoms with Gasteiger partial charge in [-0.1, -0.05) is 30.3 Å². The third-order valence-corrected chi connectivity index (χ3v) is 3.53. The Hall–Kier alpha value is -2.85. The monoisotopic (exact) mass is 292 g/mol. The third kappa shape index (κ3) is 3.62. The molecule has 2 aromatic rings. The van der Waals surface area contributed by atoms with E-state index in [0.29, 0.717) is 13.0 Å². The highest BCUT2D eigenvalue weighted by atomic mass is 18.2. The highest BCUT2D eigenvalue weighted by Crippen LogP contribution is 2.23. The van der Waals surface area contributed by atoms with E-state index in [4.69, 9.17) is 10.5 Å². The molecule has 0 saturated carbocycles. The zero-order valence-electron chi connectivity index (χ0n) is 12.4. The summed E-state index contributed by atoms with van der Waals surface area (Å²) in [5.74, 6) is 0. The molecule has 22 heavy (non-hydrogen) atoms. The lowest BCUT2D eigenvalue weighted by atomic mass is 10.0. The van der Waals surface area contributed by atoms with Crippen molar-refractivity contribution in [3.63, 3.8) is 0 Å². The number of rotatable bonds is 5. The topological polar surface area (TPSA) is 50.8 Å². The van der Waals surface area contributed by atoms with Gasteiger partial charge >= 0.3 is 0 Å². The lowest BCUT2D eigenvalue weighted by Crippen LogP contribution is -2.19. The van der Waals surface area contributed by atoms with Gasteiger partial charge < -0.3 is 4.90 Å². The van der Waals surface area contributed by atoms with E-state index in [1.807, 2.05) is 60.5 Å². The zero-order valence-corrected chi connectivity index (χ0v) is 12.4. The van der Waals surface area contributed by atoms with E-state index in [1.54, 1.807) is 6.08 Å². The molecule has 0 N–H and O–H groups in total. The van der Waals surface area contributed by atoms with E-state index in [0.717, 1.165) is 22.0 Å². The highest BCUT2D eigenvalue weighted by molar-refractivity contribution is 5.86. The van der Waals surface area contributed by atoms with Gasteiger partial charge in [0.05, 0.1) is 0 Å². The predicted octanol–water partition coefficient (Wildman–Crippen LogP) is 3.76. The first-order valence-corrected chi connectivity index (χ1v) is 6.98. The fourth-order valence-corrected chi connectivity index (χ4v) is 2.24. The fourth-order valence-electron chi connectivity index (χ4n) is 2.24. The van der Waals surface area contributed by atoms with Crippen LogP contribution in [0.25, 0.3) is 10.8 Å². The van der Waals surface area contributed by atoms with Crippen LogP contribution < -0.4 is 4.90 Å². The fraction of sp³-hybridized carbons (Fsp3) is 0.222. The van der Waals surface area contributed by atoms with Crippen molar-refractivity contribution in [3.8, 4) is 12.1 Å². The summed E-state index contributed by atoms with van der Waals surface area (Å²) < 4.78 is 12.4. The summed E-state index contributed by atoms with van der Waals surface area (Å²) in [7, 11) is 1.87. The van der Waals surface area contributed by atoms with Crippen LogP contribution in [0.4, 0.5) is 10.1 Å². The van der Waals surface area contributed by atoms with Crippen molar-refractivity contribution in [2.75, 3.05) is 25.2 Å². The van der Waals surface area contributed by atoms with Gasteiger partial charge in [-0.15, -0.1) is 0 Å². The van der Waals surface area contributed by atoms with Crippen LogP contribution in [0.2, 0.25) is 0 Å². The molecule has 110 valence electrons. The van der Waals surface area contributed by atoms with Gasteiger partial charge in [0.2, 0.25) is 0 Å². The van der Waals surface area contributed by atoms with Crippen molar-refractivity contribution in [2.45, 2.75) is 6.42 Å². The molecule has 0 aromatic heterocycles. The summed E-state index contributed by atoms with van der Waals surface area (Å²) >= 11 is 0. The summed E-state index contributed by atoms with van der Waals surface area (Å²) in [5.41, 5.74) is 2.15. The average Bonchev–Trinajstić information content (AvgIpc) is 2.55. The second kappa shape index (κ2) is 7.24. The molecule has 0 spiro atoms. The van der Waals surface area contributed by atoms with Gasteiger partial charge in [0, 0.05) is 19.3 Å². The van der Waals surface area contributed by atoms with Crippen LogP contribution in [-0.2, 0) is 6.42 Å². The molecule has 0 fully saturated rings. The molecule has 2 aromatic carbocycles. The van der Waals surface area contributed by atoms with Crippen LogP contribution in [0.3, 0.4) is 0 Å². The Morgan fingerprint density at radius 3 is 2.50 bits per heavy atom. The molecule has 0 aliphatic heterocycles. The predicted molar refractivity (Wildman–Crippen MR) is 86.2 cm³/mol. The minimum Gasteiger partial charge on any atom is -0.372 e. The van der Waals surface area contributed by atoms with Crippen LogP contribution >= 0.6 is 0 Å². The number of nitriles is 2. The van der Waals surface area contributed by atoms with Crippen molar-refractivity contribution in [1.82, 2.24) is 0 Å². The molecule has 0 saturated heterocycles. The van der Waals surface area contributed by atoms with E-state index in [9.17, 15) is 4.39 Å². The molecule has 0 bridgehead atoms. The van der Waals surface area contributed by atoms with Gasteiger partial charge in [-0.2, -0.15) is 10.5 Å². The number of hydrogen-bond donors (Lipinski definition) is 0. The molecule has 0 unspecified atom stereocenters. The Bertz CT molecular complexity index is 765. The van der Waals surface area contributed by atoms with Crippen molar-refractivity contribution in [3.05, 3.63) is 53.6 Å². The molecule has 2 rings (SSSR count). The average molecular weight is 292 g/mol. The lowest BCUT2D eigenvalue weighted by molar-refractivity contribution is 0.497. The minimum atomic E-state index is -0.375. The van der Waals surface area contributed by atoms with Crippen LogP contribution in [-0.4, -0.2) is 20.3 Å². The second-order valence-electron chi connectivity index (χ2n) is 5.02. The van der Waals surface area contributed by atoms with Crippen molar-refractivity contribution < 1.29 is 4.39 Å². The van der Waals surface area contributed by atoms with Crippen molar-refractivity contribution in [2.24, 2.45) is 0 Å². The number of fused-ring (bicyclic) bond motifs is 1. The molecule has 4 heteroatoms. The Morgan fingerprint density at radius 1 is 1.14 bits per heavy atom. The maximum atomic E-state index is 12.4. The van der Waals surface area contributed by atoms with Gasteiger partial charge in [0.1, 0.15) is 24.4 Å². The van der Waals surface area contributed by atoms with Gasteiger partial charge in [-0.3, -0.25) is 0 Å². The number of anilines is 1. The van der Waals surface area contributed by atoms with Crippen LogP contribution in [0.1, 0.15) is 5.56 Å². The largest absolute Gasteiger partial charge is 0.372 e. The van der Waals surface area contributed by atoms with Crippen LogP contribution in [0.15, 0.2) is 48.0 Å². The molecular formula is C18H16FN3. The first-order chi connectivity index (χ1) is 10.7. The maximum absolute atomic E-state index is 12.4. The van der Waals surface area contributed by atoms with E-state index >= 15 is 0 Å². The van der Waals surface area contributed by atoms with E-state index in [2.05, 4.69) is 0 Å². The van der Waals surface area contributed by atoms with Gasteiger partial charge in [0.15, 0.2) is 0 Å². The molecular weight excluding hydrogens is 276 g/mol. The maximum Gasteiger partial charge on any atom is 0.126 e. The van der Waals surface area contributed by atoms with Crippen LogP contribution in [0.5, 0.6) is 0 Å². The third-order valence-electron chi connectivity index (χ3n) is 3.53. The quantitative estimate of drug-likeness (QED) is 0.788. The number of benzene rings is 2. The normalized spacial score (nSPS) is 9.82. The summed E-state index contributed by atoms with van der Waals surface area (Å²) in [6.45, 7) is -0.000586. The molecule has 0 heterocycles. The Balaban J connectivity index is 2.26. The van der Waals surface area contributed by atoms with Gasteiger partial charge in [-0.25, -0.2) is 4.39 Å². The lowest BCUT2D eigenvalue weighted by Gasteiger charge is -2.18. The molecule has 3 nitrogen and oxygen atoms in total. The summed E-state index contributed by atoms with van der Waals surface area (Å²) in [6.07, 6.45) is 2.18. The molecule has 0 radical (unpaired) electrons. The Labute approximate surface area is 129 Å². The second-order valence-corrected chi connectivity index (χ2v) is 5.02. The number of alkyl halides is 1. The van der Waals surface area contributed by atoms with Crippen molar-refractivity contribution >= 4 is 16.5 Å². The van der Waals surface area contributed by atoms with Gasteiger partial charge in [-0.05, 0) is 34.9 Å². The Kier molecular flexibility index (Phi) is 5.11. The number of allylic oxidation sites excluding steroid dienone is 2. The summed E-state index contributed by atoms with van der Waals surface area (Å²) in [5, 5.41) is 19.6. The molecule has 0 aliphatic carbocycles. The number of hydrogen-bond acceptors (Lipinski definition) is 3. The van der Waals surface area contributed by atoms with E-state index in [-0.39, 0.29) is 12.2 Å². The minimum absolute atomic E-state index is 0.128. The van der Waals surface area contributed by atoms with Crippen molar-refractivity contribution in [1.29, 1.82) is 10.5 Å². The molecule has 0 atom stereocenters. The zero-order chi connectivity index (χ0) is 15.9. The summed E-state index contributed by atoms with van der Waals surface area (Å²) in [6, 6.07) is 15.7. The molecule has 0 amide bonds. The Morgan fingerprint density at radius 2 is 1.82 bits per heavy atom. The highest BCUT2D eigenvalue weighted by Gasteiger charge is 2.03. The van der Waals surface area contributed by atoms with E-state index in [1.165, 1.54) is 0 Å². The van der Waals surface area contributed by atoms with E-state index < -0.39 is 0 Å². The smallest absolute Gasteiger partial charge is 0.126 e. The first-order valence-electron chi connectivity index (χ1n) is 6.98. The molecule has 0 aliphatic rings. The van der Waals surface area contributed by atoms with Gasteiger partial charge in [0.25, 0.3) is 0 Å². The first kappa shape index (κ1) is 15.5. The standard InChI is InChI=1S/C18H16FN3/c1-22(9-8-19)18-7-6-16-10-14(4-5-17(16)11-18)2-3-15(12-20)13-21/h3-7,10-11H,2,8-9H2,1H3/i19-1.